The van der Waals surface area contributed by atoms with Gasteiger partial charge in [0.1, 0.15) is 12.0 Å². The molecule has 2 amide bonds. The number of methoxy groups -OCH3 is 2. The predicted molar refractivity (Wildman–Crippen MR) is 141 cm³/mol. The number of benzene rings is 1. The Labute approximate surface area is 225 Å². The second-order valence-electron chi connectivity index (χ2n) is 9.79. The topological polar surface area (TPSA) is 161 Å². The molecular weight excluding hydrogens is 508 g/mol. The number of carboxylic acid groups (broad SMARTS) is 1. The largest absolute Gasteiger partial charge is 0.479 e. The van der Waals surface area contributed by atoms with Crippen molar-refractivity contribution in [2.75, 3.05) is 45.0 Å². The van der Waals surface area contributed by atoms with Crippen molar-refractivity contribution in [3.63, 3.8) is 0 Å². The summed E-state index contributed by atoms with van der Waals surface area (Å²) in [4.78, 5) is 37.7. The summed E-state index contributed by atoms with van der Waals surface area (Å²) in [5.41, 5.74) is 3.61. The zero-order chi connectivity index (χ0) is 28.3. The number of aromatic nitrogens is 3. The lowest BCUT2D eigenvalue weighted by atomic mass is 9.86. The van der Waals surface area contributed by atoms with Crippen LogP contribution in [0.15, 0.2) is 22.8 Å². The number of rotatable bonds is 10. The van der Waals surface area contributed by atoms with Gasteiger partial charge in [-0.05, 0) is 47.9 Å². The number of ether oxygens (including phenoxy) is 3. The number of nitrogens with zero attached hydrogens (tertiary/aromatic N) is 4. The Morgan fingerprint density at radius 2 is 1.85 bits per heavy atom. The lowest BCUT2D eigenvalue weighted by molar-refractivity contribution is 0.102. The standard InChI is InChI=1S/C26H32N6O7/c1-14-11-15-7-8-26(2,3)16(15)12-18(14)39-24-28-17(13-38-24)20(33)29-19-21(36-5)30-23(31-22(19)37-6)27-9-10-32(4)25(34)35/h11-13H,7-10H2,1-6H3,(H,29,33)(H,34,35)(H,27,30,31). The fraction of sp³-hybridized carbons (Fsp3) is 0.423. The van der Waals surface area contributed by atoms with E-state index in [9.17, 15) is 9.59 Å². The van der Waals surface area contributed by atoms with Crippen LogP contribution in [-0.2, 0) is 11.8 Å². The third kappa shape index (κ3) is 5.97. The van der Waals surface area contributed by atoms with Crippen LogP contribution in [0, 0.1) is 6.92 Å². The van der Waals surface area contributed by atoms with E-state index in [1.54, 1.807) is 0 Å². The second-order valence-corrected chi connectivity index (χ2v) is 9.79. The van der Waals surface area contributed by atoms with Crippen LogP contribution < -0.4 is 24.8 Å². The molecule has 3 N–H and O–H groups in total. The minimum Gasteiger partial charge on any atom is -0.479 e. The van der Waals surface area contributed by atoms with E-state index < -0.39 is 12.0 Å². The number of nitrogens with one attached hydrogen (secondary N) is 2. The first-order valence-corrected chi connectivity index (χ1v) is 12.3. The Hall–Kier alpha value is -4.55. The van der Waals surface area contributed by atoms with E-state index in [1.165, 1.54) is 38.7 Å². The number of oxazole rings is 1. The summed E-state index contributed by atoms with van der Waals surface area (Å²) < 4.78 is 22.0. The predicted octanol–water partition coefficient (Wildman–Crippen LogP) is 4.08. The minimum absolute atomic E-state index is 0.0284. The van der Waals surface area contributed by atoms with E-state index in [0.29, 0.717) is 5.75 Å². The summed E-state index contributed by atoms with van der Waals surface area (Å²) in [6.45, 7) is 6.81. The van der Waals surface area contributed by atoms with E-state index in [-0.39, 0.29) is 53.7 Å². The molecule has 0 radical (unpaired) electrons. The molecule has 1 aliphatic rings. The Bertz CT molecular complexity index is 1360. The molecule has 0 bridgehead atoms. The molecule has 0 spiro atoms. The first-order chi connectivity index (χ1) is 18.5. The van der Waals surface area contributed by atoms with Crippen molar-refractivity contribution in [2.45, 2.75) is 39.0 Å². The molecule has 2 heterocycles. The van der Waals surface area contributed by atoms with Crippen LogP contribution in [0.4, 0.5) is 16.4 Å². The minimum atomic E-state index is -1.06. The van der Waals surface area contributed by atoms with Gasteiger partial charge in [0.05, 0.1) is 14.2 Å². The maximum atomic E-state index is 13.0. The first-order valence-electron chi connectivity index (χ1n) is 12.3. The quantitative estimate of drug-likeness (QED) is 0.340. The zero-order valence-electron chi connectivity index (χ0n) is 22.7. The molecule has 4 rings (SSSR count). The van der Waals surface area contributed by atoms with E-state index in [2.05, 4.69) is 45.5 Å². The van der Waals surface area contributed by atoms with Crippen molar-refractivity contribution >= 4 is 23.6 Å². The van der Waals surface area contributed by atoms with Gasteiger partial charge in [-0.2, -0.15) is 15.0 Å². The molecular formula is C26H32N6O7. The first kappa shape index (κ1) is 27.5. The van der Waals surface area contributed by atoms with Crippen LogP contribution in [0.3, 0.4) is 0 Å². The number of carbonyl (C=O) groups is 2. The summed E-state index contributed by atoms with van der Waals surface area (Å²) in [6, 6.07) is 4.14. The Balaban J connectivity index is 1.48. The van der Waals surface area contributed by atoms with Gasteiger partial charge in [-0.1, -0.05) is 19.9 Å². The lowest BCUT2D eigenvalue weighted by Crippen LogP contribution is -2.30. The van der Waals surface area contributed by atoms with Gasteiger partial charge in [-0.15, -0.1) is 0 Å². The molecule has 208 valence electrons. The van der Waals surface area contributed by atoms with Crippen molar-refractivity contribution in [1.82, 2.24) is 19.9 Å². The van der Waals surface area contributed by atoms with Crippen LogP contribution in [0.2, 0.25) is 0 Å². The molecule has 2 aromatic heterocycles. The third-order valence-corrected chi connectivity index (χ3v) is 6.59. The lowest BCUT2D eigenvalue weighted by Gasteiger charge is -2.20. The van der Waals surface area contributed by atoms with Crippen molar-refractivity contribution in [1.29, 1.82) is 0 Å². The zero-order valence-corrected chi connectivity index (χ0v) is 22.7. The summed E-state index contributed by atoms with van der Waals surface area (Å²) in [5.74, 6) is 0.183. The highest BCUT2D eigenvalue weighted by atomic mass is 16.6. The highest BCUT2D eigenvalue weighted by molar-refractivity contribution is 6.04. The summed E-state index contributed by atoms with van der Waals surface area (Å²) >= 11 is 0. The molecule has 0 saturated heterocycles. The van der Waals surface area contributed by atoms with E-state index in [1.807, 2.05) is 13.0 Å². The van der Waals surface area contributed by atoms with Crippen LogP contribution >= 0.6 is 0 Å². The maximum absolute atomic E-state index is 13.0. The monoisotopic (exact) mass is 540 g/mol. The third-order valence-electron chi connectivity index (χ3n) is 6.59. The number of hydrogen-bond donors (Lipinski definition) is 3. The van der Waals surface area contributed by atoms with Gasteiger partial charge < -0.3 is 39.3 Å². The van der Waals surface area contributed by atoms with Gasteiger partial charge >= 0.3 is 12.2 Å². The van der Waals surface area contributed by atoms with Gasteiger partial charge in [0.15, 0.2) is 11.4 Å². The summed E-state index contributed by atoms with van der Waals surface area (Å²) in [5, 5.41) is 14.5. The van der Waals surface area contributed by atoms with Gasteiger partial charge in [-0.3, -0.25) is 4.79 Å². The summed E-state index contributed by atoms with van der Waals surface area (Å²) in [7, 11) is 4.20. The molecule has 1 aliphatic carbocycles. The number of likely N-dealkylation sites (N-methyl/N-ethyl adjacent to an activating group) is 1. The Morgan fingerprint density at radius 1 is 1.15 bits per heavy atom. The second kappa shape index (κ2) is 11.1. The van der Waals surface area contributed by atoms with Crippen molar-refractivity contribution < 1.29 is 33.3 Å². The van der Waals surface area contributed by atoms with Gasteiger partial charge in [-0.25, -0.2) is 4.79 Å². The van der Waals surface area contributed by atoms with E-state index >= 15 is 0 Å². The van der Waals surface area contributed by atoms with Gasteiger partial charge in [0.25, 0.3) is 5.91 Å². The average Bonchev–Trinajstić information content (AvgIpc) is 3.48. The van der Waals surface area contributed by atoms with Crippen LogP contribution in [0.1, 0.15) is 47.4 Å². The van der Waals surface area contributed by atoms with E-state index in [0.717, 1.165) is 23.3 Å². The average molecular weight is 541 g/mol. The maximum Gasteiger partial charge on any atom is 0.407 e. The summed E-state index contributed by atoms with van der Waals surface area (Å²) in [6.07, 6.45) is 2.16. The van der Waals surface area contributed by atoms with E-state index in [4.69, 9.17) is 23.7 Å². The number of amides is 2. The number of anilines is 2. The molecule has 3 aromatic rings. The molecule has 13 heteroatoms. The molecule has 0 aliphatic heterocycles. The van der Waals surface area contributed by atoms with Crippen molar-refractivity contribution in [3.8, 4) is 23.6 Å². The highest BCUT2D eigenvalue weighted by Crippen LogP contribution is 2.42. The molecule has 0 fully saturated rings. The van der Waals surface area contributed by atoms with Crippen molar-refractivity contribution in [3.05, 3.63) is 40.8 Å². The Kier molecular flexibility index (Phi) is 7.79. The molecule has 39 heavy (non-hydrogen) atoms. The van der Waals surface area contributed by atoms with Gasteiger partial charge in [0, 0.05) is 20.1 Å². The smallest absolute Gasteiger partial charge is 0.407 e. The Morgan fingerprint density at radius 3 is 2.49 bits per heavy atom. The molecule has 0 unspecified atom stereocenters. The van der Waals surface area contributed by atoms with Crippen LogP contribution in [-0.4, -0.2) is 71.3 Å². The van der Waals surface area contributed by atoms with Crippen LogP contribution in [0.25, 0.3) is 0 Å². The number of hydrogen-bond acceptors (Lipinski definition) is 10. The molecule has 0 saturated carbocycles. The number of fused-ring (bicyclic) bond motifs is 1. The fourth-order valence-electron chi connectivity index (χ4n) is 4.29. The van der Waals surface area contributed by atoms with Gasteiger partial charge in [0.2, 0.25) is 17.7 Å². The highest BCUT2D eigenvalue weighted by Gasteiger charge is 2.31. The van der Waals surface area contributed by atoms with Crippen molar-refractivity contribution in [2.24, 2.45) is 0 Å². The fourth-order valence-corrected chi connectivity index (χ4v) is 4.29. The SMILES string of the molecule is COc1nc(NCCN(C)C(=O)O)nc(OC)c1NC(=O)c1coc(Oc2cc3c(cc2C)CCC3(C)C)n1. The number of carbonyl (C=O) groups excluding carboxylic acids is 1. The molecule has 0 atom stereocenters. The molecule has 13 nitrogen and oxygen atoms in total. The number of aryl methyl sites for hydroxylation is 2. The van der Waals surface area contributed by atoms with Crippen LogP contribution in [0.5, 0.6) is 23.6 Å². The normalized spacial score (nSPS) is 13.4. The molecule has 1 aromatic carbocycles.